The van der Waals surface area contributed by atoms with Crippen molar-refractivity contribution in [2.75, 3.05) is 13.2 Å². The largest absolute Gasteiger partial charge is 0.381 e. The lowest BCUT2D eigenvalue weighted by Gasteiger charge is -1.95. The minimum atomic E-state index is 0.694. The average Bonchev–Trinajstić information content (AvgIpc) is 2.41. The average molecular weight is 140 g/mol. The predicted molar refractivity (Wildman–Crippen MR) is 35.4 cm³/mol. The van der Waals surface area contributed by atoms with Crippen LogP contribution in [-0.4, -0.2) is 28.4 Å². The van der Waals surface area contributed by atoms with Gasteiger partial charge in [-0.3, -0.25) is 5.10 Å². The first kappa shape index (κ1) is 7.21. The van der Waals surface area contributed by atoms with Gasteiger partial charge in [-0.25, -0.2) is 4.98 Å². The summed E-state index contributed by atoms with van der Waals surface area (Å²) in [5.41, 5.74) is 0. The maximum absolute atomic E-state index is 5.11. The first-order chi connectivity index (χ1) is 4.93. The molecule has 0 aromatic carbocycles. The molecule has 1 aromatic heterocycles. The van der Waals surface area contributed by atoms with E-state index in [1.54, 1.807) is 0 Å². The third kappa shape index (κ3) is 2.14. The van der Waals surface area contributed by atoms with Crippen molar-refractivity contribution in [2.45, 2.75) is 13.3 Å². The molecule has 0 unspecified atom stereocenters. The summed E-state index contributed by atoms with van der Waals surface area (Å²) < 4.78 is 5.11. The molecular weight excluding hydrogens is 130 g/mol. The Morgan fingerprint density at radius 1 is 1.70 bits per heavy atom. The van der Waals surface area contributed by atoms with Crippen LogP contribution < -0.4 is 0 Å². The molecule has 0 bridgehead atoms. The highest BCUT2D eigenvalue weighted by Crippen LogP contribution is 1.87. The molecule has 0 aliphatic rings. The van der Waals surface area contributed by atoms with Gasteiger partial charge in [0.05, 0.1) is 6.61 Å². The molecule has 0 amide bonds. The Morgan fingerprint density at radius 3 is 3.20 bits per heavy atom. The number of hydrogen-bond donors (Lipinski definition) is 1. The van der Waals surface area contributed by atoms with Crippen molar-refractivity contribution in [1.29, 1.82) is 0 Å². The molecule has 0 saturated heterocycles. The minimum absolute atomic E-state index is 0.694. The highest BCUT2D eigenvalue weighted by molar-refractivity contribution is 4.78. The third-order valence-corrected chi connectivity index (χ3v) is 1.11. The number of aromatic amines is 1. The van der Waals surface area contributed by atoms with E-state index in [1.165, 1.54) is 0 Å². The van der Waals surface area contributed by atoms with Crippen LogP contribution in [0.2, 0.25) is 0 Å². The number of ether oxygens (including phenoxy) is 1. The molecule has 0 fully saturated rings. The molecule has 1 N–H and O–H groups in total. The summed E-state index contributed by atoms with van der Waals surface area (Å²) in [6, 6.07) is 0. The first-order valence-corrected chi connectivity index (χ1v) is 3.28. The van der Waals surface area contributed by atoms with E-state index in [4.69, 9.17) is 4.74 Å². The van der Waals surface area contributed by atoms with Crippen molar-refractivity contribution in [3.63, 3.8) is 0 Å². The van der Waals surface area contributed by atoms with Gasteiger partial charge in [0, 0.05) is 13.0 Å². The predicted octanol–water partition coefficient (Wildman–Crippen LogP) is 0.184. The fourth-order valence-corrected chi connectivity index (χ4v) is 0.625. The maximum atomic E-state index is 5.11. The zero-order valence-electron chi connectivity index (χ0n) is 5.92. The molecule has 1 rings (SSSR count). The van der Waals surface area contributed by atoms with E-state index in [1.807, 2.05) is 6.92 Å². The van der Waals surface area contributed by atoms with E-state index in [0.29, 0.717) is 6.61 Å². The number of nitrogens with zero attached hydrogens (tertiary/aromatic N) is 2. The summed E-state index contributed by atoms with van der Waals surface area (Å²) in [6.07, 6.45) is 3.23. The third-order valence-electron chi connectivity index (χ3n) is 1.11. The maximum Gasteiger partial charge on any atom is 0.220 e. The molecule has 4 heteroatoms. The first-order valence-electron chi connectivity index (χ1n) is 3.28. The topological polar surface area (TPSA) is 50.8 Å². The Bertz CT molecular complexity index is 162. The van der Waals surface area contributed by atoms with Crippen LogP contribution in [0.4, 0.5) is 0 Å². The molecule has 0 atom stereocenters. The molecule has 0 spiro atoms. The van der Waals surface area contributed by atoms with E-state index in [-0.39, 0.29) is 0 Å². The summed E-state index contributed by atoms with van der Waals surface area (Å²) in [4.78, 5) is 3.82. The van der Waals surface area contributed by atoms with Crippen LogP contribution in [0, 0.1) is 6.33 Å². The van der Waals surface area contributed by atoms with Gasteiger partial charge in [-0.2, -0.15) is 0 Å². The lowest BCUT2D eigenvalue weighted by molar-refractivity contribution is 0.149. The van der Waals surface area contributed by atoms with Gasteiger partial charge in [0.25, 0.3) is 0 Å². The van der Waals surface area contributed by atoms with Crippen LogP contribution in [-0.2, 0) is 11.2 Å². The quantitative estimate of drug-likeness (QED) is 0.607. The summed E-state index contributed by atoms with van der Waals surface area (Å²) in [7, 11) is 0. The van der Waals surface area contributed by atoms with Crippen molar-refractivity contribution < 1.29 is 4.74 Å². The number of nitrogens with one attached hydrogen (secondary N) is 1. The van der Waals surface area contributed by atoms with Gasteiger partial charge in [0.15, 0.2) is 0 Å². The Hall–Kier alpha value is -0.900. The van der Waals surface area contributed by atoms with Crippen LogP contribution in [0.3, 0.4) is 0 Å². The Balaban J connectivity index is 2.15. The second kappa shape index (κ2) is 4.00. The van der Waals surface area contributed by atoms with Crippen molar-refractivity contribution in [1.82, 2.24) is 15.2 Å². The highest BCUT2D eigenvalue weighted by atomic mass is 16.5. The van der Waals surface area contributed by atoms with Crippen molar-refractivity contribution in [3.8, 4) is 0 Å². The van der Waals surface area contributed by atoms with E-state index >= 15 is 0 Å². The molecule has 10 heavy (non-hydrogen) atoms. The molecule has 4 nitrogen and oxygen atoms in total. The van der Waals surface area contributed by atoms with Gasteiger partial charge in [0.2, 0.25) is 6.33 Å². The van der Waals surface area contributed by atoms with Crippen LogP contribution in [0.25, 0.3) is 0 Å². The number of H-pyrrole nitrogens is 1. The van der Waals surface area contributed by atoms with Crippen molar-refractivity contribution >= 4 is 0 Å². The SMILES string of the molecule is CCOCCc1n[c]n[nH]1. The molecule has 0 aliphatic carbocycles. The molecule has 1 aromatic rings. The van der Waals surface area contributed by atoms with Crippen LogP contribution in [0.15, 0.2) is 0 Å². The van der Waals surface area contributed by atoms with Gasteiger partial charge in [-0.15, -0.1) is 5.10 Å². The number of aromatic nitrogens is 3. The standard InChI is InChI=1S/C6H10N3O/c1-2-10-4-3-6-7-5-8-9-6/h2-4H2,1H3,(H,7,8,9). The van der Waals surface area contributed by atoms with Gasteiger partial charge >= 0.3 is 0 Å². The monoisotopic (exact) mass is 140 g/mol. The Morgan fingerprint density at radius 2 is 2.60 bits per heavy atom. The summed E-state index contributed by atoms with van der Waals surface area (Å²) >= 11 is 0. The van der Waals surface area contributed by atoms with Gasteiger partial charge in [0.1, 0.15) is 5.82 Å². The second-order valence-electron chi connectivity index (χ2n) is 1.83. The zero-order chi connectivity index (χ0) is 7.23. The van der Waals surface area contributed by atoms with Crippen LogP contribution >= 0.6 is 0 Å². The molecule has 0 aliphatic heterocycles. The van der Waals surface area contributed by atoms with Crippen molar-refractivity contribution in [3.05, 3.63) is 12.2 Å². The summed E-state index contributed by atoms with van der Waals surface area (Å²) in [5, 5.41) is 6.28. The van der Waals surface area contributed by atoms with Gasteiger partial charge in [-0.05, 0) is 6.92 Å². The van der Waals surface area contributed by atoms with Gasteiger partial charge < -0.3 is 4.74 Å². The molecule has 1 heterocycles. The van der Waals surface area contributed by atoms with Crippen molar-refractivity contribution in [2.24, 2.45) is 0 Å². The van der Waals surface area contributed by atoms with E-state index in [0.717, 1.165) is 18.9 Å². The smallest absolute Gasteiger partial charge is 0.220 e. The molecule has 1 radical (unpaired) electrons. The van der Waals surface area contributed by atoms with Crippen LogP contribution in [0.5, 0.6) is 0 Å². The van der Waals surface area contributed by atoms with Gasteiger partial charge in [-0.1, -0.05) is 0 Å². The second-order valence-corrected chi connectivity index (χ2v) is 1.83. The zero-order valence-corrected chi connectivity index (χ0v) is 5.92. The summed E-state index contributed by atoms with van der Waals surface area (Å²) in [6.45, 7) is 3.41. The molecular formula is C6H10N3O. The fraction of sp³-hybridized carbons (Fsp3) is 0.667. The number of rotatable bonds is 4. The lowest BCUT2D eigenvalue weighted by Crippen LogP contribution is -1.99. The summed E-state index contributed by atoms with van der Waals surface area (Å²) in [5.74, 6) is 0.827. The lowest BCUT2D eigenvalue weighted by atomic mass is 10.4. The minimum Gasteiger partial charge on any atom is -0.381 e. The normalized spacial score (nSPS) is 10.1. The van der Waals surface area contributed by atoms with E-state index in [2.05, 4.69) is 21.5 Å². The number of hydrogen-bond acceptors (Lipinski definition) is 3. The Kier molecular flexibility index (Phi) is 2.89. The molecule has 55 valence electrons. The van der Waals surface area contributed by atoms with Crippen LogP contribution in [0.1, 0.15) is 12.7 Å². The highest BCUT2D eigenvalue weighted by Gasteiger charge is 1.93. The fourth-order valence-electron chi connectivity index (χ4n) is 0.625. The molecule has 0 saturated carbocycles. The van der Waals surface area contributed by atoms with E-state index in [9.17, 15) is 0 Å². The van der Waals surface area contributed by atoms with E-state index < -0.39 is 0 Å². The Labute approximate surface area is 59.6 Å².